The van der Waals surface area contributed by atoms with E-state index in [4.69, 9.17) is 26.7 Å². The Hall–Kier alpha value is -4.94. The van der Waals surface area contributed by atoms with E-state index in [1.165, 1.54) is 12.4 Å². The first-order chi connectivity index (χ1) is 45.4. The van der Waals surface area contributed by atoms with Crippen LogP contribution in [0.3, 0.4) is 0 Å². The molecule has 0 spiro atoms. The first-order valence-corrected chi connectivity index (χ1v) is 36.7. The molecule has 2 aromatic carbocycles. The molecule has 0 saturated heterocycles. The molecule has 0 fully saturated rings. The maximum absolute atomic E-state index is 12.4. The van der Waals surface area contributed by atoms with E-state index in [1.807, 2.05) is 115 Å². The smallest absolute Gasteiger partial charge is 0.358 e. The third-order valence-corrected chi connectivity index (χ3v) is 16.7. The zero-order chi connectivity index (χ0) is 68.9. The van der Waals surface area contributed by atoms with Crippen LogP contribution >= 0.6 is 125 Å². The fourth-order valence-corrected chi connectivity index (χ4v) is 11.3. The van der Waals surface area contributed by atoms with E-state index >= 15 is 0 Å². The number of ether oxygens (including phenoxy) is 1. The molecular formula is C66H83Br5I2N18O3. The number of benzene rings is 2. The second-order valence-corrected chi connectivity index (χ2v) is 26.5. The van der Waals surface area contributed by atoms with E-state index in [0.29, 0.717) is 44.0 Å². The third-order valence-electron chi connectivity index (χ3n) is 13.2. The molecular weight excluding hydrogens is 1750 g/mol. The van der Waals surface area contributed by atoms with Gasteiger partial charge in [0, 0.05) is 70.9 Å². The highest BCUT2D eigenvalue weighted by molar-refractivity contribution is 14.1. The lowest BCUT2D eigenvalue weighted by Crippen LogP contribution is -2.37. The Kier molecular flexibility index (Phi) is 44.7. The zero-order valence-corrected chi connectivity index (χ0v) is 65.9. The largest absolute Gasteiger partial charge is 0.461 e. The van der Waals surface area contributed by atoms with Crippen LogP contribution in [0.5, 0.6) is 0 Å². The number of nitrogens with one attached hydrogen (secondary N) is 2. The number of nitrogens with two attached hydrogens (primary N) is 2. The molecule has 8 rings (SSSR count). The van der Waals surface area contributed by atoms with Gasteiger partial charge in [-0.2, -0.15) is 10.5 Å². The number of likely N-dealkylation sites (N-methyl/N-ethyl adjacent to an activating group) is 3. The number of hydrogen-bond acceptors (Lipinski definition) is 20. The molecule has 0 saturated carbocycles. The summed E-state index contributed by atoms with van der Waals surface area (Å²) in [5.74, 6) is 0.203. The average Bonchev–Trinajstić information content (AvgIpc) is 0.869. The van der Waals surface area contributed by atoms with Gasteiger partial charge >= 0.3 is 5.97 Å². The number of carbonyl (C=O) groups excluding carboxylic acids is 2. The van der Waals surface area contributed by atoms with E-state index in [-0.39, 0.29) is 11.6 Å². The number of rotatable bonds is 28. The van der Waals surface area contributed by atoms with Crippen molar-refractivity contribution >= 4 is 165 Å². The molecule has 0 radical (unpaired) electrons. The van der Waals surface area contributed by atoms with Crippen molar-refractivity contribution in [3.8, 4) is 12.1 Å². The van der Waals surface area contributed by atoms with Gasteiger partial charge in [-0.15, -0.1) is 0 Å². The molecule has 0 unspecified atom stereocenters. The summed E-state index contributed by atoms with van der Waals surface area (Å²) in [5.41, 5.74) is 16.7. The molecule has 0 bridgehead atoms. The molecule has 6 aromatic heterocycles. The maximum Gasteiger partial charge on any atom is 0.358 e. The highest BCUT2D eigenvalue weighted by Gasteiger charge is 2.12. The Morgan fingerprint density at radius 3 is 1.39 bits per heavy atom. The van der Waals surface area contributed by atoms with Gasteiger partial charge in [-0.25, -0.2) is 34.7 Å². The van der Waals surface area contributed by atoms with Crippen molar-refractivity contribution in [2.45, 2.75) is 60.3 Å². The Bertz CT molecular complexity index is 3560. The Morgan fingerprint density at radius 1 is 0.511 bits per heavy atom. The minimum atomic E-state index is -0.435. The first-order valence-electron chi connectivity index (χ1n) is 30.6. The monoisotopic (exact) mass is 1820 g/mol. The molecule has 504 valence electrons. The number of halogens is 7. The summed E-state index contributed by atoms with van der Waals surface area (Å²) in [6, 6.07) is 39.2. The number of carbonyl (C=O) groups is 2. The number of anilines is 1. The lowest BCUT2D eigenvalue weighted by Gasteiger charge is -2.20. The summed E-state index contributed by atoms with van der Waals surface area (Å²) >= 11 is 21.0. The number of fused-ring (bicyclic) bond motifs is 2. The van der Waals surface area contributed by atoms with Crippen molar-refractivity contribution in [2.75, 3.05) is 117 Å². The van der Waals surface area contributed by atoms with Crippen LogP contribution in [0.15, 0.2) is 145 Å². The first kappa shape index (κ1) is 83.3. The second-order valence-electron chi connectivity index (χ2n) is 19.9. The van der Waals surface area contributed by atoms with Crippen LogP contribution in [0.1, 0.15) is 79.8 Å². The predicted molar refractivity (Wildman–Crippen MR) is 411 cm³/mol. The molecule has 0 aliphatic carbocycles. The minimum absolute atomic E-state index is 0.203. The topological polar surface area (TPSA) is 283 Å². The molecule has 0 aliphatic heterocycles. The number of aryl methyl sites for hydroxylation is 2. The Labute approximate surface area is 623 Å². The lowest BCUT2D eigenvalue weighted by atomic mass is 10.2. The van der Waals surface area contributed by atoms with E-state index in [0.717, 1.165) is 168 Å². The number of pyridine rings is 4. The van der Waals surface area contributed by atoms with Crippen LogP contribution in [-0.4, -0.2) is 183 Å². The molecule has 6 N–H and O–H groups in total. The number of nitrogens with zero attached hydrogens (tertiary/aromatic N) is 14. The van der Waals surface area contributed by atoms with E-state index in [1.54, 1.807) is 6.92 Å². The van der Waals surface area contributed by atoms with Gasteiger partial charge in [-0.1, -0.05) is 52.0 Å². The second kappa shape index (κ2) is 50.4. The van der Waals surface area contributed by atoms with Gasteiger partial charge in [-0.3, -0.25) is 24.6 Å². The highest BCUT2D eigenvalue weighted by Crippen LogP contribution is 2.17. The molecule has 21 nitrogen and oxygen atoms in total. The lowest BCUT2D eigenvalue weighted by molar-refractivity contribution is 0.0519. The van der Waals surface area contributed by atoms with Crippen molar-refractivity contribution in [1.29, 1.82) is 10.5 Å². The molecule has 28 heteroatoms. The van der Waals surface area contributed by atoms with Crippen LogP contribution in [-0.2, 0) is 17.6 Å². The molecule has 0 aliphatic rings. The molecule has 0 atom stereocenters. The van der Waals surface area contributed by atoms with Crippen LogP contribution in [0.4, 0.5) is 5.82 Å². The number of hydrogen-bond donors (Lipinski definition) is 4. The van der Waals surface area contributed by atoms with Gasteiger partial charge in [0.15, 0.2) is 5.69 Å². The summed E-state index contributed by atoms with van der Waals surface area (Å²) in [6.45, 7) is 23.5. The van der Waals surface area contributed by atoms with Gasteiger partial charge in [0.2, 0.25) is 0 Å². The fraction of sp³-hybridized carbons (Fsp3) is 0.394. The third kappa shape index (κ3) is 35.9. The average molecular weight is 1830 g/mol. The van der Waals surface area contributed by atoms with E-state index < -0.39 is 5.97 Å². The predicted octanol–water partition coefficient (Wildman–Crippen LogP) is 13.0. The quantitative estimate of drug-likeness (QED) is 0.0153. The van der Waals surface area contributed by atoms with Crippen LogP contribution in [0, 0.1) is 29.8 Å². The number of esters is 1. The van der Waals surface area contributed by atoms with Crippen molar-refractivity contribution in [3.63, 3.8) is 0 Å². The molecule has 1 amide bonds. The number of nitriles is 2. The molecule has 8 aromatic rings. The zero-order valence-electron chi connectivity index (χ0n) is 53.7. The van der Waals surface area contributed by atoms with Crippen molar-refractivity contribution < 1.29 is 14.3 Å². The van der Waals surface area contributed by atoms with Crippen LogP contribution < -0.4 is 22.1 Å². The number of aromatic nitrogens is 8. The van der Waals surface area contributed by atoms with Crippen molar-refractivity contribution in [1.82, 2.24) is 64.8 Å². The normalized spacial score (nSPS) is 10.5. The highest BCUT2D eigenvalue weighted by atomic mass is 127. The van der Waals surface area contributed by atoms with Gasteiger partial charge in [-0.05, 0) is 282 Å². The van der Waals surface area contributed by atoms with Gasteiger partial charge in [0.05, 0.1) is 66.3 Å². The Balaban J connectivity index is 0.000000310. The van der Waals surface area contributed by atoms with Crippen LogP contribution in [0.25, 0.3) is 22.1 Å². The Morgan fingerprint density at radius 2 is 0.936 bits per heavy atom. The maximum atomic E-state index is 12.4. The van der Waals surface area contributed by atoms with Crippen molar-refractivity contribution in [3.05, 3.63) is 175 Å². The summed E-state index contributed by atoms with van der Waals surface area (Å²) in [4.78, 5) is 66.9. The van der Waals surface area contributed by atoms with Gasteiger partial charge < -0.3 is 36.6 Å². The summed E-state index contributed by atoms with van der Waals surface area (Å²) in [7, 11) is 0. The summed E-state index contributed by atoms with van der Waals surface area (Å²) in [5, 5.41) is 23.1. The summed E-state index contributed by atoms with van der Waals surface area (Å²) in [6.07, 6.45) is 7.13. The molecule has 94 heavy (non-hydrogen) atoms. The standard InChI is InChI=1S/C20H22BrIN6O.C12H20BrN3.C12H16BrN3.C11H9IN2O2.C6H13N3.C5H3Br2N/c1-2-28(10-8-23-19-5-3-4-18(21)27-19)11-9-24-20(29)17-13-25-16-12-14(22)6-7-15(16)26-17;2*1-2-16(10-8-14)9-4-6-11-5-3-7-12(13)15-11;1-2-16-11(15)10-6-13-9-5-7(12)3-4-8(9)14-10;1-2-9(5-3-7)6-4-8;6-4-2-1-3-5(7)8-4/h3-7,12-13H,2,8-11H2,1H3,(H,23,27)(H,24,29);3,5,7H,2,4,6,8-10,14H2,1H3;3,5,7H,2,4,6,9-10H2,1H3;3-6H,2H2,1H3;2-3,5-7H2,1H3;1-3H. The van der Waals surface area contributed by atoms with E-state index in [2.05, 4.69) is 229 Å². The van der Waals surface area contributed by atoms with Crippen molar-refractivity contribution in [2.24, 2.45) is 11.5 Å². The molecule has 6 heterocycles. The minimum Gasteiger partial charge on any atom is -0.461 e. The van der Waals surface area contributed by atoms with Crippen LogP contribution in [0.2, 0.25) is 0 Å². The number of amides is 1. The SMILES string of the molecule is Brc1cccc(Br)n1.CCN(CC#N)CCCc1cccc(Br)n1.CCN(CC#N)CCN.CCN(CCN)CCCc1cccc(Br)n1.CCN(CCNC(=O)c1cnc2cc(I)ccc2n1)CCNc1cccc(Br)n1.CCOC(=O)c1cnc2cc(I)ccc2n1. The van der Waals surface area contributed by atoms with Gasteiger partial charge in [0.25, 0.3) is 5.91 Å². The van der Waals surface area contributed by atoms with Gasteiger partial charge in [0.1, 0.15) is 34.5 Å². The summed E-state index contributed by atoms with van der Waals surface area (Å²) < 4.78 is 11.3. The van der Waals surface area contributed by atoms with E-state index in [9.17, 15) is 9.59 Å². The fourth-order valence-electron chi connectivity index (χ4n) is 8.30.